The lowest BCUT2D eigenvalue weighted by Gasteiger charge is -2.13. The van der Waals surface area contributed by atoms with Gasteiger partial charge >= 0.3 is 0 Å². The van der Waals surface area contributed by atoms with Crippen molar-refractivity contribution in [2.45, 2.75) is 13.5 Å². The third-order valence-corrected chi connectivity index (χ3v) is 5.84. The number of aromatic nitrogens is 3. The van der Waals surface area contributed by atoms with Crippen LogP contribution in [0, 0.1) is 11.7 Å². The van der Waals surface area contributed by atoms with E-state index in [0.717, 1.165) is 5.56 Å². The molecule has 0 aliphatic carbocycles. The van der Waals surface area contributed by atoms with Crippen LogP contribution < -0.4 is 20.3 Å². The van der Waals surface area contributed by atoms with Crippen molar-refractivity contribution in [3.05, 3.63) is 85.4 Å². The highest BCUT2D eigenvalue weighted by Gasteiger charge is 2.16. The minimum atomic E-state index is -0.366. The van der Waals surface area contributed by atoms with E-state index in [1.165, 1.54) is 18.8 Å². The molecule has 2 aromatic carbocycles. The van der Waals surface area contributed by atoms with Gasteiger partial charge in [-0.15, -0.1) is 0 Å². The topological polar surface area (TPSA) is 98.2 Å². The molecule has 0 aliphatic rings. The van der Waals surface area contributed by atoms with E-state index in [4.69, 9.17) is 33.3 Å². The van der Waals surface area contributed by atoms with Crippen molar-refractivity contribution in [1.82, 2.24) is 19.9 Å². The van der Waals surface area contributed by atoms with E-state index in [-0.39, 0.29) is 27.9 Å². The number of aromatic amines is 1. The van der Waals surface area contributed by atoms with Gasteiger partial charge in [0.15, 0.2) is 10.5 Å². The van der Waals surface area contributed by atoms with Crippen LogP contribution in [-0.2, 0) is 6.54 Å². The number of aryl methyl sites for hydroxylation is 1. The summed E-state index contributed by atoms with van der Waals surface area (Å²) in [5.74, 6) is 0.679. The molecule has 4 rings (SSSR count). The second-order valence-corrected chi connectivity index (χ2v) is 8.30. The number of hydrogen-bond acceptors (Lipinski definition) is 6. The Labute approximate surface area is 205 Å². The maximum atomic E-state index is 13.3. The van der Waals surface area contributed by atoms with Crippen LogP contribution in [0.2, 0.25) is 5.02 Å². The number of ether oxygens (including phenoxy) is 2. The van der Waals surface area contributed by atoms with Crippen LogP contribution in [0.3, 0.4) is 0 Å². The summed E-state index contributed by atoms with van der Waals surface area (Å²) in [7, 11) is 2.96. The second-order valence-electron chi connectivity index (χ2n) is 7.47. The molecule has 0 spiro atoms. The lowest BCUT2D eigenvalue weighted by Crippen LogP contribution is -2.25. The summed E-state index contributed by atoms with van der Waals surface area (Å²) in [5.41, 5.74) is 2.09. The minimum absolute atomic E-state index is 0.133. The predicted molar refractivity (Wildman–Crippen MR) is 133 cm³/mol. The molecule has 0 radical (unpaired) electrons. The molecule has 0 bridgehead atoms. The SMILES string of the molecule is COc1ccc(-n2c(=S)[nH]c3cc(C(=O)NCc4ccc(Cl)cc4)c(C)cc3c2=O)nc1OC. The fourth-order valence-corrected chi connectivity index (χ4v) is 3.96. The van der Waals surface area contributed by atoms with Gasteiger partial charge < -0.3 is 19.8 Å². The fourth-order valence-electron chi connectivity index (χ4n) is 3.55. The number of pyridine rings is 1. The third-order valence-electron chi connectivity index (χ3n) is 5.31. The maximum Gasteiger partial charge on any atom is 0.267 e. The average Bonchev–Trinajstić information content (AvgIpc) is 2.83. The number of benzene rings is 2. The molecule has 0 aliphatic heterocycles. The molecule has 2 heterocycles. The Kier molecular flexibility index (Phi) is 6.67. The Morgan fingerprint density at radius 1 is 1.15 bits per heavy atom. The zero-order valence-corrected chi connectivity index (χ0v) is 20.2. The van der Waals surface area contributed by atoms with Crippen LogP contribution >= 0.6 is 23.8 Å². The van der Waals surface area contributed by atoms with Crippen LogP contribution in [0.25, 0.3) is 16.7 Å². The maximum absolute atomic E-state index is 13.3. The standard InChI is InChI=1S/C24H21ClN4O4S/c1-13-10-17-18(11-16(13)21(30)26-12-14-4-6-15(25)7-5-14)27-24(34)29(23(17)31)20-9-8-19(32-2)22(28-20)33-3/h4-11H,12H2,1-3H3,(H,26,30)(H,27,34). The lowest BCUT2D eigenvalue weighted by atomic mass is 10.0. The molecule has 2 N–H and O–H groups in total. The van der Waals surface area contributed by atoms with Gasteiger partial charge in [-0.3, -0.25) is 9.59 Å². The zero-order valence-electron chi connectivity index (χ0n) is 18.6. The van der Waals surface area contributed by atoms with E-state index < -0.39 is 0 Å². The molecule has 0 fully saturated rings. The number of nitrogens with zero attached hydrogens (tertiary/aromatic N) is 2. The molecular formula is C24H21ClN4O4S. The number of nitrogens with one attached hydrogen (secondary N) is 2. The predicted octanol–water partition coefficient (Wildman–Crippen LogP) is 4.35. The van der Waals surface area contributed by atoms with E-state index in [2.05, 4.69) is 15.3 Å². The van der Waals surface area contributed by atoms with Crippen molar-refractivity contribution in [1.29, 1.82) is 0 Å². The largest absolute Gasteiger partial charge is 0.491 e. The van der Waals surface area contributed by atoms with Gasteiger partial charge in [-0.2, -0.15) is 4.98 Å². The Hall–Kier alpha value is -3.69. The molecule has 4 aromatic rings. The molecule has 10 heteroatoms. The fraction of sp³-hybridized carbons (Fsp3) is 0.167. The van der Waals surface area contributed by atoms with Gasteiger partial charge in [0.2, 0.25) is 0 Å². The van der Waals surface area contributed by atoms with Crippen molar-refractivity contribution in [3.63, 3.8) is 0 Å². The van der Waals surface area contributed by atoms with Gasteiger partial charge in [0.25, 0.3) is 17.3 Å². The highest BCUT2D eigenvalue weighted by atomic mass is 35.5. The summed E-state index contributed by atoms with van der Waals surface area (Å²) >= 11 is 11.3. The number of methoxy groups -OCH3 is 2. The number of carbonyl (C=O) groups excluding carboxylic acids is 1. The number of rotatable bonds is 6. The zero-order chi connectivity index (χ0) is 24.4. The summed E-state index contributed by atoms with van der Waals surface area (Å²) in [5, 5.41) is 3.89. The Morgan fingerprint density at radius 2 is 1.88 bits per heavy atom. The van der Waals surface area contributed by atoms with Crippen molar-refractivity contribution in [3.8, 4) is 17.4 Å². The van der Waals surface area contributed by atoms with Crippen LogP contribution in [0.15, 0.2) is 53.3 Å². The van der Waals surface area contributed by atoms with Gasteiger partial charge in [-0.05, 0) is 66.7 Å². The highest BCUT2D eigenvalue weighted by molar-refractivity contribution is 7.71. The van der Waals surface area contributed by atoms with Gasteiger partial charge in [0.1, 0.15) is 5.82 Å². The summed E-state index contributed by atoms with van der Waals surface area (Å²) in [6.07, 6.45) is 0. The van der Waals surface area contributed by atoms with Crippen LogP contribution in [-0.4, -0.2) is 34.7 Å². The molecular weight excluding hydrogens is 476 g/mol. The smallest absolute Gasteiger partial charge is 0.267 e. The molecule has 0 saturated carbocycles. The van der Waals surface area contributed by atoms with Gasteiger partial charge in [0.05, 0.1) is 25.1 Å². The summed E-state index contributed by atoms with van der Waals surface area (Å²) in [4.78, 5) is 33.6. The number of halogens is 1. The third kappa shape index (κ3) is 4.52. The van der Waals surface area contributed by atoms with Gasteiger partial charge in [-0.25, -0.2) is 4.57 Å². The van der Waals surface area contributed by atoms with Crippen LogP contribution in [0.5, 0.6) is 11.6 Å². The van der Waals surface area contributed by atoms with Crippen molar-refractivity contribution >= 4 is 40.6 Å². The minimum Gasteiger partial charge on any atom is -0.491 e. The first-order valence-corrected chi connectivity index (χ1v) is 11.0. The first-order chi connectivity index (χ1) is 16.3. The number of amides is 1. The number of fused-ring (bicyclic) bond motifs is 1. The quantitative estimate of drug-likeness (QED) is 0.385. The van der Waals surface area contributed by atoms with Crippen molar-refractivity contribution in [2.75, 3.05) is 14.2 Å². The van der Waals surface area contributed by atoms with E-state index in [0.29, 0.717) is 39.3 Å². The molecule has 174 valence electrons. The number of carbonyl (C=O) groups is 1. The molecule has 0 atom stereocenters. The average molecular weight is 497 g/mol. The second kappa shape index (κ2) is 9.66. The monoisotopic (exact) mass is 496 g/mol. The van der Waals surface area contributed by atoms with Crippen LogP contribution in [0.1, 0.15) is 21.5 Å². The lowest BCUT2D eigenvalue weighted by molar-refractivity contribution is 0.0950. The number of hydrogen-bond donors (Lipinski definition) is 2. The molecule has 8 nitrogen and oxygen atoms in total. The number of H-pyrrole nitrogens is 1. The van der Waals surface area contributed by atoms with Crippen molar-refractivity contribution in [2.24, 2.45) is 0 Å². The van der Waals surface area contributed by atoms with E-state index in [9.17, 15) is 9.59 Å². The van der Waals surface area contributed by atoms with Crippen molar-refractivity contribution < 1.29 is 14.3 Å². The van der Waals surface area contributed by atoms with E-state index >= 15 is 0 Å². The van der Waals surface area contributed by atoms with Gasteiger partial charge in [-0.1, -0.05) is 23.7 Å². The van der Waals surface area contributed by atoms with Gasteiger partial charge in [0, 0.05) is 17.1 Å². The molecule has 1 amide bonds. The highest BCUT2D eigenvalue weighted by Crippen LogP contribution is 2.25. The summed E-state index contributed by atoms with van der Waals surface area (Å²) in [6.45, 7) is 2.12. The van der Waals surface area contributed by atoms with E-state index in [1.807, 2.05) is 12.1 Å². The van der Waals surface area contributed by atoms with Crippen LogP contribution in [0.4, 0.5) is 0 Å². The summed E-state index contributed by atoms with van der Waals surface area (Å²) < 4.78 is 11.9. The van der Waals surface area contributed by atoms with E-state index in [1.54, 1.807) is 43.3 Å². The normalized spacial score (nSPS) is 10.8. The first kappa shape index (κ1) is 23.5. The Bertz CT molecular complexity index is 1510. The Balaban J connectivity index is 1.71. The molecule has 2 aromatic heterocycles. The molecule has 0 saturated heterocycles. The molecule has 34 heavy (non-hydrogen) atoms. The summed E-state index contributed by atoms with van der Waals surface area (Å²) in [6, 6.07) is 13.8. The Morgan fingerprint density at radius 3 is 2.56 bits per heavy atom. The molecule has 0 unspecified atom stereocenters. The first-order valence-electron chi connectivity index (χ1n) is 10.2.